The molecule has 1 amide bonds. The van der Waals surface area contributed by atoms with E-state index in [0.29, 0.717) is 12.5 Å². The van der Waals surface area contributed by atoms with Gasteiger partial charge in [0.2, 0.25) is 5.91 Å². The number of carbonyl (C=O) groups excluding carboxylic acids is 1. The van der Waals surface area contributed by atoms with Crippen molar-refractivity contribution in [3.63, 3.8) is 0 Å². The summed E-state index contributed by atoms with van der Waals surface area (Å²) in [6.07, 6.45) is 6.70. The maximum Gasteiger partial charge on any atom is 0.227 e. The van der Waals surface area contributed by atoms with Crippen molar-refractivity contribution in [1.29, 1.82) is 0 Å². The van der Waals surface area contributed by atoms with Gasteiger partial charge < -0.3 is 16.4 Å². The Morgan fingerprint density at radius 1 is 1.00 bits per heavy atom. The monoisotopic (exact) mass is 362 g/mol. The first-order valence-corrected chi connectivity index (χ1v) is 9.76. The highest BCUT2D eigenvalue weighted by atomic mass is 16.1. The molecule has 140 valence electrons. The Kier molecular flexibility index (Phi) is 5.10. The number of benzene rings is 2. The predicted octanol–water partition coefficient (Wildman–Crippen LogP) is 3.84. The van der Waals surface area contributed by atoms with Gasteiger partial charge in [0.25, 0.3) is 0 Å². The number of guanidine groups is 1. The fourth-order valence-electron chi connectivity index (χ4n) is 3.68. The van der Waals surface area contributed by atoms with Crippen molar-refractivity contribution in [2.75, 3.05) is 10.6 Å². The molecule has 0 radical (unpaired) electrons. The fourth-order valence-corrected chi connectivity index (χ4v) is 3.68. The van der Waals surface area contributed by atoms with Gasteiger partial charge in [-0.15, -0.1) is 0 Å². The summed E-state index contributed by atoms with van der Waals surface area (Å²) in [5.41, 5.74) is 11.7. The normalized spacial score (nSPS) is 16.5. The molecular formula is C22H26N4O. The zero-order valence-electron chi connectivity index (χ0n) is 15.5. The maximum absolute atomic E-state index is 12.1. The van der Waals surface area contributed by atoms with Crippen LogP contribution in [-0.4, -0.2) is 11.9 Å². The molecule has 1 fully saturated rings. The lowest BCUT2D eigenvalue weighted by atomic mass is 9.85. The molecule has 0 aromatic heterocycles. The van der Waals surface area contributed by atoms with Gasteiger partial charge in [-0.3, -0.25) is 4.79 Å². The molecule has 4 N–H and O–H groups in total. The van der Waals surface area contributed by atoms with E-state index in [2.05, 4.69) is 33.8 Å². The largest absolute Gasteiger partial charge is 0.370 e. The number of carbonyl (C=O) groups is 1. The molecule has 2 aromatic rings. The Morgan fingerprint density at radius 2 is 1.81 bits per heavy atom. The SMILES string of the molecule is NC(=NCc1cccc(NC(=O)C2CCC2)c1)Nc1ccc2c(c1)CCC2. The summed E-state index contributed by atoms with van der Waals surface area (Å²) >= 11 is 0. The van der Waals surface area contributed by atoms with Crippen LogP contribution in [0.25, 0.3) is 0 Å². The molecule has 2 aliphatic carbocycles. The van der Waals surface area contributed by atoms with Crippen LogP contribution < -0.4 is 16.4 Å². The smallest absolute Gasteiger partial charge is 0.227 e. The number of hydrogen-bond donors (Lipinski definition) is 3. The lowest BCUT2D eigenvalue weighted by Crippen LogP contribution is -2.28. The molecule has 5 heteroatoms. The molecule has 0 bridgehead atoms. The number of anilines is 2. The molecule has 0 aliphatic heterocycles. The molecule has 0 unspecified atom stereocenters. The van der Waals surface area contributed by atoms with Crippen LogP contribution in [0.4, 0.5) is 11.4 Å². The number of nitrogens with one attached hydrogen (secondary N) is 2. The van der Waals surface area contributed by atoms with E-state index in [1.54, 1.807) is 0 Å². The van der Waals surface area contributed by atoms with Gasteiger partial charge in [-0.05, 0) is 73.1 Å². The van der Waals surface area contributed by atoms with Gasteiger partial charge >= 0.3 is 0 Å². The highest BCUT2D eigenvalue weighted by Gasteiger charge is 2.25. The third-order valence-electron chi connectivity index (χ3n) is 5.47. The van der Waals surface area contributed by atoms with E-state index in [4.69, 9.17) is 5.73 Å². The topological polar surface area (TPSA) is 79.5 Å². The summed E-state index contributed by atoms with van der Waals surface area (Å²) in [4.78, 5) is 16.5. The van der Waals surface area contributed by atoms with Crippen molar-refractivity contribution < 1.29 is 4.79 Å². The van der Waals surface area contributed by atoms with Crippen LogP contribution in [0.3, 0.4) is 0 Å². The third kappa shape index (κ3) is 4.30. The molecular weight excluding hydrogens is 336 g/mol. The van der Waals surface area contributed by atoms with Crippen LogP contribution in [0.15, 0.2) is 47.5 Å². The first-order valence-electron chi connectivity index (χ1n) is 9.76. The number of nitrogens with zero attached hydrogens (tertiary/aromatic N) is 1. The molecule has 2 aromatic carbocycles. The molecule has 0 spiro atoms. The van der Waals surface area contributed by atoms with Gasteiger partial charge in [-0.2, -0.15) is 0 Å². The Labute approximate surface area is 160 Å². The Bertz CT molecular complexity index is 870. The Balaban J connectivity index is 1.35. The minimum Gasteiger partial charge on any atom is -0.370 e. The summed E-state index contributed by atoms with van der Waals surface area (Å²) in [5, 5.41) is 6.18. The second-order valence-electron chi connectivity index (χ2n) is 7.48. The zero-order chi connectivity index (χ0) is 18.6. The number of hydrogen-bond acceptors (Lipinski definition) is 2. The van der Waals surface area contributed by atoms with Crippen LogP contribution in [0, 0.1) is 5.92 Å². The second-order valence-corrected chi connectivity index (χ2v) is 7.48. The van der Waals surface area contributed by atoms with Crippen LogP contribution >= 0.6 is 0 Å². The first kappa shape index (κ1) is 17.6. The third-order valence-corrected chi connectivity index (χ3v) is 5.47. The van der Waals surface area contributed by atoms with Gasteiger partial charge in [0, 0.05) is 17.3 Å². The van der Waals surface area contributed by atoms with Crippen LogP contribution in [-0.2, 0) is 24.2 Å². The van der Waals surface area contributed by atoms with Gasteiger partial charge in [-0.1, -0.05) is 24.6 Å². The molecule has 27 heavy (non-hydrogen) atoms. The number of aryl methyl sites for hydroxylation is 2. The summed E-state index contributed by atoms with van der Waals surface area (Å²) in [6, 6.07) is 14.2. The Hall–Kier alpha value is -2.82. The standard InChI is InChI=1S/C22H26N4O/c23-22(26-20-11-10-16-5-2-8-18(16)13-20)24-14-15-4-1-9-19(12-15)25-21(27)17-6-3-7-17/h1,4,9-13,17H,2-3,5-8,14H2,(H,25,27)(H3,23,24,26). The van der Waals surface area contributed by atoms with E-state index >= 15 is 0 Å². The molecule has 0 atom stereocenters. The molecule has 2 aliphatic rings. The average Bonchev–Trinajstić information content (AvgIpc) is 3.06. The van der Waals surface area contributed by atoms with E-state index < -0.39 is 0 Å². The van der Waals surface area contributed by atoms with Crippen molar-refractivity contribution in [2.45, 2.75) is 45.1 Å². The average molecular weight is 362 g/mol. The van der Waals surface area contributed by atoms with E-state index in [0.717, 1.165) is 42.6 Å². The zero-order valence-corrected chi connectivity index (χ0v) is 15.5. The maximum atomic E-state index is 12.1. The Morgan fingerprint density at radius 3 is 2.63 bits per heavy atom. The first-order chi connectivity index (χ1) is 13.2. The van der Waals surface area contributed by atoms with Crippen molar-refractivity contribution in [2.24, 2.45) is 16.6 Å². The van der Waals surface area contributed by atoms with Crippen LogP contribution in [0.5, 0.6) is 0 Å². The number of nitrogens with two attached hydrogens (primary N) is 1. The van der Waals surface area contributed by atoms with E-state index in [1.807, 2.05) is 24.3 Å². The summed E-state index contributed by atoms with van der Waals surface area (Å²) in [6.45, 7) is 0.469. The van der Waals surface area contributed by atoms with Gasteiger partial charge in [-0.25, -0.2) is 4.99 Å². The highest BCUT2D eigenvalue weighted by Crippen LogP contribution is 2.28. The number of aliphatic imine (C=N–C) groups is 1. The summed E-state index contributed by atoms with van der Waals surface area (Å²) in [7, 11) is 0. The summed E-state index contributed by atoms with van der Waals surface area (Å²) < 4.78 is 0. The number of rotatable bonds is 5. The predicted molar refractivity (Wildman–Crippen MR) is 110 cm³/mol. The molecule has 1 saturated carbocycles. The van der Waals surface area contributed by atoms with E-state index in [9.17, 15) is 4.79 Å². The quantitative estimate of drug-likeness (QED) is 0.558. The minimum atomic E-state index is 0.125. The van der Waals surface area contributed by atoms with Crippen LogP contribution in [0.1, 0.15) is 42.4 Å². The summed E-state index contributed by atoms with van der Waals surface area (Å²) in [5.74, 6) is 0.704. The molecule has 0 saturated heterocycles. The van der Waals surface area contributed by atoms with Crippen molar-refractivity contribution in [3.8, 4) is 0 Å². The lowest BCUT2D eigenvalue weighted by molar-refractivity contribution is -0.122. The highest BCUT2D eigenvalue weighted by molar-refractivity contribution is 5.93. The van der Waals surface area contributed by atoms with Crippen molar-refractivity contribution in [1.82, 2.24) is 0 Å². The molecule has 5 nitrogen and oxygen atoms in total. The number of amides is 1. The molecule has 4 rings (SSSR count). The van der Waals surface area contributed by atoms with Gasteiger partial charge in [0.05, 0.1) is 6.54 Å². The van der Waals surface area contributed by atoms with E-state index in [-0.39, 0.29) is 11.8 Å². The fraction of sp³-hybridized carbons (Fsp3) is 0.364. The lowest BCUT2D eigenvalue weighted by Gasteiger charge is -2.24. The van der Waals surface area contributed by atoms with Crippen LogP contribution in [0.2, 0.25) is 0 Å². The number of fused-ring (bicyclic) bond motifs is 1. The second kappa shape index (κ2) is 7.82. The van der Waals surface area contributed by atoms with Gasteiger partial charge in [0.1, 0.15) is 0 Å². The minimum absolute atomic E-state index is 0.125. The van der Waals surface area contributed by atoms with Gasteiger partial charge in [0.15, 0.2) is 5.96 Å². The molecule has 0 heterocycles. The van der Waals surface area contributed by atoms with Crippen molar-refractivity contribution in [3.05, 3.63) is 59.2 Å². The van der Waals surface area contributed by atoms with E-state index in [1.165, 1.54) is 24.0 Å². The van der Waals surface area contributed by atoms with Crippen molar-refractivity contribution >= 4 is 23.2 Å².